The molecule has 1 unspecified atom stereocenters. The van der Waals surface area contributed by atoms with E-state index in [0.29, 0.717) is 5.92 Å². The van der Waals surface area contributed by atoms with Gasteiger partial charge in [0.15, 0.2) is 0 Å². The fourth-order valence-electron chi connectivity index (χ4n) is 1.20. The molecule has 1 rings (SSSR count). The van der Waals surface area contributed by atoms with Crippen LogP contribution in [0.4, 0.5) is 0 Å². The van der Waals surface area contributed by atoms with Crippen LogP contribution in [0.3, 0.4) is 0 Å². The Morgan fingerprint density at radius 3 is 3.08 bits per heavy atom. The second-order valence-electron chi connectivity index (χ2n) is 3.27. The second kappa shape index (κ2) is 5.78. The van der Waals surface area contributed by atoms with Gasteiger partial charge in [-0.05, 0) is 18.1 Å². The minimum Gasteiger partial charge on any atom is -0.468 e. The van der Waals surface area contributed by atoms with E-state index in [9.17, 15) is 0 Å². The molecule has 0 aromatic carbocycles. The molecule has 0 aliphatic rings. The van der Waals surface area contributed by atoms with Gasteiger partial charge in [-0.15, -0.1) is 0 Å². The fourth-order valence-corrected chi connectivity index (χ4v) is 1.20. The highest BCUT2D eigenvalue weighted by Gasteiger charge is 2.00. The highest BCUT2D eigenvalue weighted by atomic mass is 16.5. The highest BCUT2D eigenvalue weighted by Crippen LogP contribution is 1.99. The summed E-state index contributed by atoms with van der Waals surface area (Å²) in [5.74, 6) is 1.52. The Morgan fingerprint density at radius 1 is 1.62 bits per heavy atom. The largest absolute Gasteiger partial charge is 0.468 e. The molecule has 0 spiro atoms. The van der Waals surface area contributed by atoms with Crippen LogP contribution >= 0.6 is 0 Å². The predicted octanol–water partition coefficient (Wildman–Crippen LogP) is 1.65. The van der Waals surface area contributed by atoms with Crippen molar-refractivity contribution in [3.05, 3.63) is 24.2 Å². The van der Waals surface area contributed by atoms with Gasteiger partial charge in [0.1, 0.15) is 5.76 Å². The zero-order valence-corrected chi connectivity index (χ0v) is 8.25. The number of hydrogen-bond acceptors (Lipinski definition) is 3. The van der Waals surface area contributed by atoms with Crippen molar-refractivity contribution in [2.45, 2.75) is 13.5 Å². The minimum atomic E-state index is 0.542. The molecule has 1 aromatic rings. The Bertz CT molecular complexity index is 209. The standard InChI is InChI=1S/C10H17NO2/c1-9(8-12-2)6-11-7-10-4-3-5-13-10/h3-5,9,11H,6-8H2,1-2H3. The van der Waals surface area contributed by atoms with Crippen molar-refractivity contribution in [3.8, 4) is 0 Å². The van der Waals surface area contributed by atoms with Crippen molar-refractivity contribution < 1.29 is 9.15 Å². The van der Waals surface area contributed by atoms with E-state index in [1.54, 1.807) is 13.4 Å². The third-order valence-corrected chi connectivity index (χ3v) is 1.82. The van der Waals surface area contributed by atoms with Gasteiger partial charge in [-0.3, -0.25) is 0 Å². The summed E-state index contributed by atoms with van der Waals surface area (Å²) in [4.78, 5) is 0. The first-order valence-electron chi connectivity index (χ1n) is 4.55. The van der Waals surface area contributed by atoms with Crippen LogP contribution in [0, 0.1) is 5.92 Å². The molecular formula is C10H17NO2. The van der Waals surface area contributed by atoms with E-state index in [2.05, 4.69) is 12.2 Å². The average Bonchev–Trinajstić information content (AvgIpc) is 2.57. The van der Waals surface area contributed by atoms with Crippen molar-refractivity contribution >= 4 is 0 Å². The lowest BCUT2D eigenvalue weighted by molar-refractivity contribution is 0.158. The number of methoxy groups -OCH3 is 1. The van der Waals surface area contributed by atoms with Crippen LogP contribution in [0.1, 0.15) is 12.7 Å². The quantitative estimate of drug-likeness (QED) is 0.728. The number of nitrogens with one attached hydrogen (secondary N) is 1. The summed E-state index contributed by atoms with van der Waals surface area (Å²) in [6.45, 7) is 4.69. The van der Waals surface area contributed by atoms with Gasteiger partial charge in [0.25, 0.3) is 0 Å². The molecule has 3 nitrogen and oxygen atoms in total. The second-order valence-corrected chi connectivity index (χ2v) is 3.27. The number of rotatable bonds is 6. The van der Waals surface area contributed by atoms with Crippen LogP contribution in [-0.2, 0) is 11.3 Å². The van der Waals surface area contributed by atoms with Crippen LogP contribution in [0.2, 0.25) is 0 Å². The number of furan rings is 1. The lowest BCUT2D eigenvalue weighted by atomic mass is 10.2. The molecule has 0 bridgehead atoms. The van der Waals surface area contributed by atoms with Crippen molar-refractivity contribution in [2.24, 2.45) is 5.92 Å². The van der Waals surface area contributed by atoms with E-state index in [0.717, 1.165) is 25.5 Å². The van der Waals surface area contributed by atoms with Crippen molar-refractivity contribution in [3.63, 3.8) is 0 Å². The molecule has 1 heterocycles. The molecule has 1 aromatic heterocycles. The van der Waals surface area contributed by atoms with Crippen molar-refractivity contribution in [1.29, 1.82) is 0 Å². The van der Waals surface area contributed by atoms with Crippen LogP contribution < -0.4 is 5.32 Å². The minimum absolute atomic E-state index is 0.542. The van der Waals surface area contributed by atoms with Crippen LogP contribution in [0.25, 0.3) is 0 Å². The van der Waals surface area contributed by atoms with Gasteiger partial charge in [-0.1, -0.05) is 6.92 Å². The SMILES string of the molecule is COCC(C)CNCc1ccco1. The first-order valence-corrected chi connectivity index (χ1v) is 4.55. The van der Waals surface area contributed by atoms with Gasteiger partial charge in [0.05, 0.1) is 12.8 Å². The van der Waals surface area contributed by atoms with E-state index in [1.807, 2.05) is 12.1 Å². The first kappa shape index (κ1) is 10.3. The van der Waals surface area contributed by atoms with Crippen molar-refractivity contribution in [1.82, 2.24) is 5.32 Å². The maximum atomic E-state index is 5.18. The lowest BCUT2D eigenvalue weighted by Gasteiger charge is -2.10. The topological polar surface area (TPSA) is 34.4 Å². The Labute approximate surface area is 79.1 Å². The molecule has 0 saturated heterocycles. The number of hydrogen-bond donors (Lipinski definition) is 1. The first-order chi connectivity index (χ1) is 6.33. The van der Waals surface area contributed by atoms with E-state index in [1.165, 1.54) is 0 Å². The molecule has 0 fully saturated rings. The molecule has 1 atom stereocenters. The summed E-state index contributed by atoms with van der Waals surface area (Å²) in [6, 6.07) is 3.86. The van der Waals surface area contributed by atoms with Gasteiger partial charge in [0, 0.05) is 20.3 Å². The summed E-state index contributed by atoms with van der Waals surface area (Å²) in [5, 5.41) is 3.30. The summed E-state index contributed by atoms with van der Waals surface area (Å²) in [5.41, 5.74) is 0. The Morgan fingerprint density at radius 2 is 2.46 bits per heavy atom. The molecule has 0 amide bonds. The lowest BCUT2D eigenvalue weighted by Crippen LogP contribution is -2.23. The molecule has 0 radical (unpaired) electrons. The molecule has 0 saturated carbocycles. The summed E-state index contributed by atoms with van der Waals surface area (Å²) >= 11 is 0. The molecular weight excluding hydrogens is 166 g/mol. The maximum Gasteiger partial charge on any atom is 0.117 e. The normalized spacial score (nSPS) is 13.1. The number of ether oxygens (including phenoxy) is 1. The van der Waals surface area contributed by atoms with Gasteiger partial charge in [-0.2, -0.15) is 0 Å². The van der Waals surface area contributed by atoms with Gasteiger partial charge in [-0.25, -0.2) is 0 Å². The summed E-state index contributed by atoms with van der Waals surface area (Å²) in [6.07, 6.45) is 1.69. The van der Waals surface area contributed by atoms with Crippen LogP contribution in [0.5, 0.6) is 0 Å². The third kappa shape index (κ3) is 4.10. The zero-order valence-electron chi connectivity index (χ0n) is 8.25. The van der Waals surface area contributed by atoms with E-state index < -0.39 is 0 Å². The Kier molecular flexibility index (Phi) is 4.57. The van der Waals surface area contributed by atoms with Gasteiger partial charge in [0.2, 0.25) is 0 Å². The Hall–Kier alpha value is -0.800. The fraction of sp³-hybridized carbons (Fsp3) is 0.600. The average molecular weight is 183 g/mol. The van der Waals surface area contributed by atoms with E-state index in [-0.39, 0.29) is 0 Å². The third-order valence-electron chi connectivity index (χ3n) is 1.82. The summed E-state index contributed by atoms with van der Waals surface area (Å²) in [7, 11) is 1.73. The monoisotopic (exact) mass is 183 g/mol. The molecule has 74 valence electrons. The zero-order chi connectivity index (χ0) is 9.52. The van der Waals surface area contributed by atoms with Gasteiger partial charge < -0.3 is 14.5 Å². The smallest absolute Gasteiger partial charge is 0.117 e. The van der Waals surface area contributed by atoms with Crippen molar-refractivity contribution in [2.75, 3.05) is 20.3 Å². The van der Waals surface area contributed by atoms with Crippen LogP contribution in [-0.4, -0.2) is 20.3 Å². The van der Waals surface area contributed by atoms with Crippen LogP contribution in [0.15, 0.2) is 22.8 Å². The molecule has 1 N–H and O–H groups in total. The molecule has 0 aliphatic carbocycles. The maximum absolute atomic E-state index is 5.18. The Balaban J connectivity index is 2.07. The molecule has 0 aliphatic heterocycles. The summed E-state index contributed by atoms with van der Waals surface area (Å²) < 4.78 is 10.2. The van der Waals surface area contributed by atoms with E-state index >= 15 is 0 Å². The molecule has 13 heavy (non-hydrogen) atoms. The van der Waals surface area contributed by atoms with Gasteiger partial charge >= 0.3 is 0 Å². The molecule has 3 heteroatoms. The highest BCUT2D eigenvalue weighted by molar-refractivity contribution is 4.97. The van der Waals surface area contributed by atoms with E-state index in [4.69, 9.17) is 9.15 Å². The predicted molar refractivity (Wildman–Crippen MR) is 51.5 cm³/mol.